The van der Waals surface area contributed by atoms with E-state index in [1.807, 2.05) is 0 Å². The molecule has 2 aromatic carbocycles. The van der Waals surface area contributed by atoms with Crippen molar-refractivity contribution in [1.29, 1.82) is 0 Å². The number of hydrogen-bond donors (Lipinski definition) is 1. The summed E-state index contributed by atoms with van der Waals surface area (Å²) >= 11 is 0. The molecule has 6 heteroatoms. The van der Waals surface area contributed by atoms with Crippen LogP contribution >= 0.6 is 0 Å². The van der Waals surface area contributed by atoms with Gasteiger partial charge in [0.05, 0.1) is 11.4 Å². The molecule has 0 saturated heterocycles. The molecule has 0 aliphatic rings. The summed E-state index contributed by atoms with van der Waals surface area (Å²) in [6.45, 7) is 0. The molecule has 0 bridgehead atoms. The fourth-order valence-electron chi connectivity index (χ4n) is 1.54. The molecule has 0 aliphatic heterocycles. The minimum atomic E-state index is -4.34. The SMILES string of the molecule is O=S(=O)(O)N(c1ccccc1)c1ccccc1.[H-].[K+]. The van der Waals surface area contributed by atoms with Crippen molar-refractivity contribution in [2.24, 2.45) is 0 Å². The maximum absolute atomic E-state index is 11.4. The Morgan fingerprint density at radius 3 is 1.44 bits per heavy atom. The summed E-state index contributed by atoms with van der Waals surface area (Å²) in [5, 5.41) is 0. The van der Waals surface area contributed by atoms with E-state index in [1.165, 1.54) is 0 Å². The first-order valence-corrected chi connectivity index (χ1v) is 6.36. The van der Waals surface area contributed by atoms with Gasteiger partial charge < -0.3 is 1.43 Å². The molecule has 0 saturated carbocycles. The van der Waals surface area contributed by atoms with E-state index < -0.39 is 10.3 Å². The number of nitrogens with zero attached hydrogens (tertiary/aromatic N) is 1. The smallest absolute Gasteiger partial charge is 1.00 e. The number of benzene rings is 2. The van der Waals surface area contributed by atoms with Gasteiger partial charge in [0.25, 0.3) is 0 Å². The summed E-state index contributed by atoms with van der Waals surface area (Å²) in [7, 11) is -4.34. The van der Waals surface area contributed by atoms with E-state index >= 15 is 0 Å². The van der Waals surface area contributed by atoms with Gasteiger partial charge in [0.2, 0.25) is 0 Å². The topological polar surface area (TPSA) is 57.6 Å². The quantitative estimate of drug-likeness (QED) is 0.626. The summed E-state index contributed by atoms with van der Waals surface area (Å²) in [6.07, 6.45) is 0. The summed E-state index contributed by atoms with van der Waals surface area (Å²) < 4.78 is 33.0. The second kappa shape index (κ2) is 6.81. The van der Waals surface area contributed by atoms with Crippen molar-refractivity contribution >= 4 is 21.7 Å². The zero-order chi connectivity index (χ0) is 12.3. The van der Waals surface area contributed by atoms with Gasteiger partial charge in [-0.3, -0.25) is 4.55 Å². The number of rotatable bonds is 3. The molecule has 1 N–H and O–H groups in total. The predicted octanol–water partition coefficient (Wildman–Crippen LogP) is -0.256. The molecule has 0 amide bonds. The van der Waals surface area contributed by atoms with Crippen LogP contribution < -0.4 is 55.7 Å². The third-order valence-corrected chi connectivity index (χ3v) is 3.10. The summed E-state index contributed by atoms with van der Waals surface area (Å²) in [5.74, 6) is 0. The monoisotopic (exact) mass is 289 g/mol. The molecule has 0 heterocycles. The number of anilines is 2. The first-order valence-electron chi connectivity index (χ1n) is 4.97. The van der Waals surface area contributed by atoms with Gasteiger partial charge in [-0.25, -0.2) is 4.31 Å². The molecule has 90 valence electrons. The normalized spacial score (nSPS) is 10.5. The summed E-state index contributed by atoms with van der Waals surface area (Å²) in [4.78, 5) is 0. The van der Waals surface area contributed by atoms with Crippen molar-refractivity contribution in [3.05, 3.63) is 60.7 Å². The van der Waals surface area contributed by atoms with E-state index in [0.717, 1.165) is 4.31 Å². The zero-order valence-electron chi connectivity index (χ0n) is 10.9. The minimum Gasteiger partial charge on any atom is -1.00 e. The van der Waals surface area contributed by atoms with Crippen molar-refractivity contribution in [3.63, 3.8) is 0 Å². The van der Waals surface area contributed by atoms with E-state index in [0.29, 0.717) is 11.4 Å². The molecule has 2 rings (SSSR count). The first-order chi connectivity index (χ1) is 8.09. The van der Waals surface area contributed by atoms with Crippen LogP contribution in [0.4, 0.5) is 11.4 Å². The number of para-hydroxylation sites is 2. The molecular weight excluding hydrogens is 277 g/mol. The largest absolute Gasteiger partial charge is 1.00 e. The van der Waals surface area contributed by atoms with Gasteiger partial charge >= 0.3 is 61.7 Å². The van der Waals surface area contributed by atoms with E-state index in [-0.39, 0.29) is 52.8 Å². The van der Waals surface area contributed by atoms with E-state index in [1.54, 1.807) is 60.7 Å². The Morgan fingerprint density at radius 1 is 0.833 bits per heavy atom. The minimum absolute atomic E-state index is 0. The van der Waals surface area contributed by atoms with Gasteiger partial charge in [-0.1, -0.05) is 36.4 Å². The van der Waals surface area contributed by atoms with Crippen LogP contribution in [-0.4, -0.2) is 13.0 Å². The van der Waals surface area contributed by atoms with Crippen molar-refractivity contribution in [3.8, 4) is 0 Å². The average molecular weight is 289 g/mol. The second-order valence-electron chi connectivity index (χ2n) is 3.41. The Kier molecular flexibility index (Phi) is 5.99. The fraction of sp³-hybridized carbons (Fsp3) is 0. The Morgan fingerprint density at radius 2 is 1.17 bits per heavy atom. The van der Waals surface area contributed by atoms with Crippen molar-refractivity contribution in [2.75, 3.05) is 4.31 Å². The summed E-state index contributed by atoms with van der Waals surface area (Å²) in [5.41, 5.74) is 0.780. The van der Waals surface area contributed by atoms with Gasteiger partial charge in [-0.15, -0.1) is 0 Å². The molecule has 4 nitrogen and oxygen atoms in total. The molecule has 0 aliphatic carbocycles. The molecule has 0 atom stereocenters. The maximum Gasteiger partial charge on any atom is 1.00 e. The fourth-order valence-corrected chi connectivity index (χ4v) is 2.32. The van der Waals surface area contributed by atoms with Gasteiger partial charge in [-0.05, 0) is 24.3 Å². The van der Waals surface area contributed by atoms with Gasteiger partial charge in [-0.2, -0.15) is 8.42 Å². The van der Waals surface area contributed by atoms with Crippen LogP contribution in [0.3, 0.4) is 0 Å². The molecule has 2 aromatic rings. The van der Waals surface area contributed by atoms with Crippen LogP contribution in [0.1, 0.15) is 1.43 Å². The second-order valence-corrected chi connectivity index (χ2v) is 4.67. The van der Waals surface area contributed by atoms with Crippen molar-refractivity contribution in [2.45, 2.75) is 0 Å². The van der Waals surface area contributed by atoms with E-state index in [9.17, 15) is 13.0 Å². The third kappa shape index (κ3) is 3.89. The molecular formula is C12H12KNO3S. The van der Waals surface area contributed by atoms with E-state index in [4.69, 9.17) is 0 Å². The molecule has 18 heavy (non-hydrogen) atoms. The van der Waals surface area contributed by atoms with Crippen LogP contribution in [0.25, 0.3) is 0 Å². The Hall–Kier alpha value is -0.214. The number of hydrogen-bond acceptors (Lipinski definition) is 2. The Labute approximate surface area is 150 Å². The molecule has 0 unspecified atom stereocenters. The van der Waals surface area contributed by atoms with E-state index in [2.05, 4.69) is 0 Å². The van der Waals surface area contributed by atoms with Crippen LogP contribution in [0.5, 0.6) is 0 Å². The van der Waals surface area contributed by atoms with Crippen LogP contribution in [0.15, 0.2) is 60.7 Å². The third-order valence-electron chi connectivity index (χ3n) is 2.21. The predicted molar refractivity (Wildman–Crippen MR) is 67.7 cm³/mol. The molecule has 0 radical (unpaired) electrons. The standard InChI is InChI=1S/C12H11NO3S.K.H/c14-17(15,16)13(11-7-3-1-4-8-11)12-9-5-2-6-10-12;;/h1-10H,(H,14,15,16);;/q;+1;-1. The average Bonchev–Trinajstić information content (AvgIpc) is 2.30. The molecule has 0 aromatic heterocycles. The van der Waals surface area contributed by atoms with Crippen molar-refractivity contribution in [1.82, 2.24) is 0 Å². The van der Waals surface area contributed by atoms with Crippen LogP contribution in [0, 0.1) is 0 Å². The first kappa shape index (κ1) is 15.8. The maximum atomic E-state index is 11.4. The van der Waals surface area contributed by atoms with Crippen LogP contribution in [0.2, 0.25) is 0 Å². The zero-order valence-corrected chi connectivity index (χ0v) is 13.8. The van der Waals surface area contributed by atoms with Crippen molar-refractivity contribution < 1.29 is 65.8 Å². The van der Waals surface area contributed by atoms with Gasteiger partial charge in [0.15, 0.2) is 0 Å². The molecule has 0 spiro atoms. The van der Waals surface area contributed by atoms with Gasteiger partial charge in [0.1, 0.15) is 0 Å². The molecule has 0 fully saturated rings. The summed E-state index contributed by atoms with van der Waals surface area (Å²) in [6, 6.07) is 16.8. The Balaban J connectivity index is 0.00000162. The van der Waals surface area contributed by atoms with Gasteiger partial charge in [0, 0.05) is 0 Å². The van der Waals surface area contributed by atoms with Crippen LogP contribution in [-0.2, 0) is 10.3 Å². The Bertz CT molecular complexity index is 553.